The Bertz CT molecular complexity index is 794. The Balaban J connectivity index is 1.73. The Hall–Kier alpha value is -2.12. The van der Waals surface area contributed by atoms with Crippen molar-refractivity contribution in [1.82, 2.24) is 4.90 Å². The second-order valence-corrected chi connectivity index (χ2v) is 8.21. The molecule has 0 N–H and O–H groups in total. The third kappa shape index (κ3) is 4.62. The van der Waals surface area contributed by atoms with Crippen molar-refractivity contribution in [2.75, 3.05) is 20.3 Å². The molecular weight excluding hydrogens is 410 g/mol. The second kappa shape index (κ2) is 9.79. The molecule has 1 saturated carbocycles. The zero-order valence-corrected chi connectivity index (χ0v) is 18.2. The number of ether oxygens (including phenoxy) is 3. The SMILES string of the molecule is CC(OC(=O)C1CCOCC1)OC(=O)N(C)[C@]1(c2ccccc2Cl)CCCCC1=O. The van der Waals surface area contributed by atoms with E-state index in [2.05, 4.69) is 0 Å². The number of carbonyl (C=O) groups excluding carboxylic acids is 3. The molecule has 0 radical (unpaired) electrons. The number of esters is 1. The lowest BCUT2D eigenvalue weighted by atomic mass is 9.74. The average Bonchev–Trinajstić information content (AvgIpc) is 2.74. The highest BCUT2D eigenvalue weighted by Gasteiger charge is 2.48. The number of nitrogens with zero attached hydrogens (tertiary/aromatic N) is 1. The predicted molar refractivity (Wildman–Crippen MR) is 110 cm³/mol. The smallest absolute Gasteiger partial charge is 0.413 e. The summed E-state index contributed by atoms with van der Waals surface area (Å²) in [5, 5.41) is 0.423. The van der Waals surface area contributed by atoms with Gasteiger partial charge in [-0.25, -0.2) is 4.79 Å². The lowest BCUT2D eigenvalue weighted by molar-refractivity contribution is -0.175. The van der Waals surface area contributed by atoms with E-state index in [0.717, 1.165) is 12.8 Å². The molecule has 2 fully saturated rings. The van der Waals surface area contributed by atoms with E-state index in [1.807, 2.05) is 0 Å². The summed E-state index contributed by atoms with van der Waals surface area (Å²) >= 11 is 6.41. The summed E-state index contributed by atoms with van der Waals surface area (Å²) in [5.41, 5.74) is -0.611. The van der Waals surface area contributed by atoms with Crippen LogP contribution < -0.4 is 0 Å². The highest BCUT2D eigenvalue weighted by molar-refractivity contribution is 6.31. The van der Waals surface area contributed by atoms with Crippen molar-refractivity contribution in [3.8, 4) is 0 Å². The molecule has 0 bridgehead atoms. The summed E-state index contributed by atoms with van der Waals surface area (Å²) in [4.78, 5) is 39.6. The van der Waals surface area contributed by atoms with Gasteiger partial charge in [0.05, 0.1) is 5.92 Å². The van der Waals surface area contributed by atoms with Gasteiger partial charge in [-0.2, -0.15) is 0 Å². The molecule has 0 aromatic heterocycles. The number of hydrogen-bond donors (Lipinski definition) is 0. The number of ketones is 1. The summed E-state index contributed by atoms with van der Waals surface area (Å²) in [6, 6.07) is 7.05. The minimum absolute atomic E-state index is 0.0758. The maximum atomic E-state index is 13.1. The molecule has 1 amide bonds. The van der Waals surface area contributed by atoms with Crippen molar-refractivity contribution in [2.24, 2.45) is 5.92 Å². The summed E-state index contributed by atoms with van der Waals surface area (Å²) in [7, 11) is 1.53. The number of Topliss-reactive ketones (excluding diaryl/α,β-unsaturated/α-hetero) is 1. The van der Waals surface area contributed by atoms with Crippen molar-refractivity contribution in [3.05, 3.63) is 34.9 Å². The number of likely N-dealkylation sites (N-methyl/N-ethyl adjacent to an activating group) is 1. The Morgan fingerprint density at radius 1 is 1.20 bits per heavy atom. The zero-order valence-electron chi connectivity index (χ0n) is 17.4. The van der Waals surface area contributed by atoms with Crippen LogP contribution in [-0.4, -0.2) is 49.3 Å². The van der Waals surface area contributed by atoms with Crippen molar-refractivity contribution < 1.29 is 28.6 Å². The monoisotopic (exact) mass is 437 g/mol. The molecule has 1 unspecified atom stereocenters. The van der Waals surface area contributed by atoms with E-state index in [1.54, 1.807) is 24.3 Å². The van der Waals surface area contributed by atoms with Gasteiger partial charge in [-0.05, 0) is 38.2 Å². The van der Waals surface area contributed by atoms with E-state index >= 15 is 0 Å². The van der Waals surface area contributed by atoms with Crippen LogP contribution in [0.1, 0.15) is 51.0 Å². The van der Waals surface area contributed by atoms with Crippen LogP contribution in [0.3, 0.4) is 0 Å². The van der Waals surface area contributed by atoms with Gasteiger partial charge in [0, 0.05) is 44.2 Å². The van der Waals surface area contributed by atoms with E-state index < -0.39 is 23.9 Å². The summed E-state index contributed by atoms with van der Waals surface area (Å²) in [6.07, 6.45) is 1.73. The third-order valence-corrected chi connectivity index (χ3v) is 6.25. The van der Waals surface area contributed by atoms with Gasteiger partial charge >= 0.3 is 12.1 Å². The minimum atomic E-state index is -1.20. The molecular formula is C22H28ClNO6. The van der Waals surface area contributed by atoms with Gasteiger partial charge in [-0.1, -0.05) is 29.8 Å². The maximum absolute atomic E-state index is 13.1. The maximum Gasteiger partial charge on any atom is 0.413 e. The van der Waals surface area contributed by atoms with Gasteiger partial charge < -0.3 is 14.2 Å². The second-order valence-electron chi connectivity index (χ2n) is 7.80. The van der Waals surface area contributed by atoms with Crippen LogP contribution in [0.2, 0.25) is 5.02 Å². The molecule has 1 aliphatic carbocycles. The topological polar surface area (TPSA) is 82.1 Å². The van der Waals surface area contributed by atoms with Gasteiger partial charge in [0.2, 0.25) is 6.29 Å². The van der Waals surface area contributed by atoms with Crippen molar-refractivity contribution in [1.29, 1.82) is 0 Å². The Morgan fingerprint density at radius 2 is 1.90 bits per heavy atom. The summed E-state index contributed by atoms with van der Waals surface area (Å²) in [6.45, 7) is 2.52. The summed E-state index contributed by atoms with van der Waals surface area (Å²) < 4.78 is 15.9. The van der Waals surface area contributed by atoms with Gasteiger partial charge in [-0.3, -0.25) is 14.5 Å². The first kappa shape index (κ1) is 22.6. The fourth-order valence-corrected chi connectivity index (χ4v) is 4.52. The number of benzene rings is 1. The molecule has 1 aromatic rings. The Kier molecular flexibility index (Phi) is 7.36. The first-order valence-electron chi connectivity index (χ1n) is 10.4. The van der Waals surface area contributed by atoms with E-state index in [0.29, 0.717) is 49.5 Å². The molecule has 164 valence electrons. The molecule has 1 saturated heterocycles. The number of rotatable bonds is 5. The van der Waals surface area contributed by atoms with E-state index in [1.165, 1.54) is 18.9 Å². The van der Waals surface area contributed by atoms with Gasteiger partial charge in [0.15, 0.2) is 5.78 Å². The lowest BCUT2D eigenvalue weighted by Crippen LogP contribution is -2.54. The molecule has 2 atom stereocenters. The quantitative estimate of drug-likeness (QED) is 0.510. The Morgan fingerprint density at radius 3 is 2.57 bits per heavy atom. The number of amides is 1. The van der Waals surface area contributed by atoms with Crippen LogP contribution in [-0.2, 0) is 29.3 Å². The number of halogens is 1. The molecule has 1 heterocycles. The van der Waals surface area contributed by atoms with Crippen LogP contribution in [0.4, 0.5) is 4.79 Å². The molecule has 2 aliphatic rings. The van der Waals surface area contributed by atoms with Crippen molar-refractivity contribution in [3.63, 3.8) is 0 Å². The summed E-state index contributed by atoms with van der Waals surface area (Å²) in [5.74, 6) is -0.740. The predicted octanol–water partition coefficient (Wildman–Crippen LogP) is 4.06. The molecule has 7 nitrogen and oxygen atoms in total. The fourth-order valence-electron chi connectivity index (χ4n) is 4.22. The van der Waals surface area contributed by atoms with Gasteiger partial charge in [0.25, 0.3) is 0 Å². The largest absolute Gasteiger partial charge is 0.425 e. The van der Waals surface area contributed by atoms with Crippen LogP contribution in [0.25, 0.3) is 0 Å². The molecule has 1 aliphatic heterocycles. The van der Waals surface area contributed by atoms with E-state index in [-0.39, 0.29) is 11.7 Å². The minimum Gasteiger partial charge on any atom is -0.425 e. The fraction of sp³-hybridized carbons (Fsp3) is 0.591. The Labute approximate surface area is 181 Å². The lowest BCUT2D eigenvalue weighted by Gasteiger charge is -2.43. The van der Waals surface area contributed by atoms with Gasteiger partial charge in [-0.15, -0.1) is 0 Å². The molecule has 3 rings (SSSR count). The molecule has 30 heavy (non-hydrogen) atoms. The van der Waals surface area contributed by atoms with Crippen LogP contribution >= 0.6 is 11.6 Å². The number of carbonyl (C=O) groups is 3. The van der Waals surface area contributed by atoms with Crippen LogP contribution in [0.5, 0.6) is 0 Å². The molecule has 8 heteroatoms. The average molecular weight is 438 g/mol. The highest BCUT2D eigenvalue weighted by Crippen LogP contribution is 2.42. The first-order chi connectivity index (χ1) is 14.4. The van der Waals surface area contributed by atoms with E-state index in [9.17, 15) is 14.4 Å². The van der Waals surface area contributed by atoms with Gasteiger partial charge in [0.1, 0.15) is 5.54 Å². The third-order valence-electron chi connectivity index (χ3n) is 5.92. The molecule has 0 spiro atoms. The number of hydrogen-bond acceptors (Lipinski definition) is 6. The van der Waals surface area contributed by atoms with Crippen LogP contribution in [0.15, 0.2) is 24.3 Å². The van der Waals surface area contributed by atoms with E-state index in [4.69, 9.17) is 25.8 Å². The zero-order chi connectivity index (χ0) is 21.7. The van der Waals surface area contributed by atoms with Crippen molar-refractivity contribution in [2.45, 2.75) is 57.3 Å². The standard InChI is InChI=1S/C22H28ClNO6/c1-15(29-20(26)16-10-13-28-14-11-16)30-21(27)24(2)22(12-6-5-9-19(22)25)17-7-3-4-8-18(17)23/h3-4,7-8,15-16H,5-6,9-14H2,1-2H3/t15?,22-/m0/s1. The first-order valence-corrected chi connectivity index (χ1v) is 10.7. The normalized spacial score (nSPS) is 23.5. The molecule has 1 aromatic carbocycles. The highest BCUT2D eigenvalue weighted by atomic mass is 35.5. The van der Waals surface area contributed by atoms with Crippen LogP contribution in [0, 0.1) is 5.92 Å². The van der Waals surface area contributed by atoms with Crippen molar-refractivity contribution >= 4 is 29.4 Å².